The van der Waals surface area contributed by atoms with E-state index in [1.54, 1.807) is 40.1 Å². The molecule has 5 aromatic rings. The first-order valence-corrected chi connectivity index (χ1v) is 24.5. The molecule has 7 rings (SSSR count). The van der Waals surface area contributed by atoms with Gasteiger partial charge in [0, 0.05) is 59.2 Å². The van der Waals surface area contributed by atoms with Crippen LogP contribution < -0.4 is 21.3 Å². The van der Waals surface area contributed by atoms with E-state index in [-0.39, 0.29) is 54.7 Å². The minimum absolute atomic E-state index is 0.127. The van der Waals surface area contributed by atoms with Gasteiger partial charge in [-0.2, -0.15) is 0 Å². The third-order valence-corrected chi connectivity index (χ3v) is 14.4. The molecular weight excluding hydrogens is 879 g/mol. The number of likely N-dealkylation sites (N-methyl/N-ethyl adjacent to an activating group) is 2. The zero-order valence-corrected chi connectivity index (χ0v) is 42.0. The first-order chi connectivity index (χ1) is 32.7. The summed E-state index contributed by atoms with van der Waals surface area (Å²) in [7, 11) is 3.41. The summed E-state index contributed by atoms with van der Waals surface area (Å²) < 4.78 is 32.1. The van der Waals surface area contributed by atoms with Crippen molar-refractivity contribution in [2.45, 2.75) is 137 Å². The van der Waals surface area contributed by atoms with Crippen LogP contribution in [0.2, 0.25) is 0 Å². The number of halogens is 2. The highest BCUT2D eigenvalue weighted by Gasteiger charge is 2.42. The van der Waals surface area contributed by atoms with E-state index in [2.05, 4.69) is 26.3 Å². The fraction of sp³-hybridized carbons (Fsp3) is 0.519. The first-order valence-electron chi connectivity index (χ1n) is 24.5. The lowest BCUT2D eigenvalue weighted by atomic mass is 9.85. The minimum atomic E-state index is -0.773. The summed E-state index contributed by atoms with van der Waals surface area (Å²) in [4.78, 5) is 62.5. The number of amides is 4. The highest BCUT2D eigenvalue weighted by molar-refractivity contribution is 5.95. The molecule has 0 saturated carbocycles. The van der Waals surface area contributed by atoms with E-state index in [0.29, 0.717) is 36.8 Å². The van der Waals surface area contributed by atoms with Gasteiger partial charge < -0.3 is 45.7 Å². The maximum Gasteiger partial charge on any atom is 0.245 e. The van der Waals surface area contributed by atoms with E-state index >= 15 is 4.39 Å². The normalized spacial score (nSPS) is 18.4. The van der Waals surface area contributed by atoms with Gasteiger partial charge in [0.25, 0.3) is 0 Å². The number of carbonyl (C=O) groups excluding carboxylic acids is 4. The maximum absolute atomic E-state index is 15.3. The number of benzene rings is 3. The Morgan fingerprint density at radius 2 is 1.19 bits per heavy atom. The predicted octanol–water partition coefficient (Wildman–Crippen LogP) is 7.07. The lowest BCUT2D eigenvalue weighted by Gasteiger charge is -2.36. The summed E-state index contributed by atoms with van der Waals surface area (Å²) in [5.74, 6) is -1.56. The Balaban J connectivity index is 1.25. The van der Waals surface area contributed by atoms with Gasteiger partial charge in [-0.1, -0.05) is 65.8 Å². The molecule has 2 saturated heterocycles. The number of aromatic amines is 1. The van der Waals surface area contributed by atoms with E-state index in [1.165, 1.54) is 24.3 Å². The van der Waals surface area contributed by atoms with Crippen molar-refractivity contribution >= 4 is 45.4 Å². The Hall–Kier alpha value is -5.64. The molecule has 2 aliphatic heterocycles. The van der Waals surface area contributed by atoms with E-state index in [0.717, 1.165) is 70.2 Å². The average molecular weight is 951 g/mol. The molecular formula is C54H72F2N8O5. The molecule has 6 N–H and O–H groups in total. The molecule has 0 unspecified atom stereocenters. The number of carbonyl (C=O) groups is 4. The SMILES string of the molecule is CN[C@H](C)C(=O)N[C@H](C(=O)N1CCC[C@@H]1Cc1c(-c2ccc(-c3c(C[C@@H]4CCCN4C(=O)[C@@H](NC(=O)[C@@H](C)NC)C(C)(C)C)c4cc(F)ccc4n3CCO)cc2)[nH]c2cc(F)ccc12)C(C)(C)C. The Bertz CT molecular complexity index is 2680. The summed E-state index contributed by atoms with van der Waals surface area (Å²) in [6.45, 7) is 16.4. The van der Waals surface area contributed by atoms with Crippen LogP contribution in [0.4, 0.5) is 8.78 Å². The number of hydrogen-bond acceptors (Lipinski definition) is 7. The summed E-state index contributed by atoms with van der Waals surface area (Å²) >= 11 is 0. The van der Waals surface area contributed by atoms with Crippen LogP contribution in [0.25, 0.3) is 44.3 Å². The third kappa shape index (κ3) is 10.8. The number of aliphatic hydroxyl groups excluding tert-OH is 1. The fourth-order valence-corrected chi connectivity index (χ4v) is 10.3. The Labute approximate surface area is 405 Å². The molecule has 3 aromatic carbocycles. The second kappa shape index (κ2) is 20.8. The molecule has 15 heteroatoms. The van der Waals surface area contributed by atoms with Gasteiger partial charge in [-0.3, -0.25) is 19.2 Å². The van der Waals surface area contributed by atoms with Gasteiger partial charge in [0.05, 0.1) is 24.4 Å². The van der Waals surface area contributed by atoms with Gasteiger partial charge in [0.15, 0.2) is 0 Å². The number of H-pyrrole nitrogens is 1. The van der Waals surface area contributed by atoms with Crippen molar-refractivity contribution in [3.63, 3.8) is 0 Å². The highest BCUT2D eigenvalue weighted by atomic mass is 19.1. The molecule has 13 nitrogen and oxygen atoms in total. The van der Waals surface area contributed by atoms with Crippen molar-refractivity contribution in [3.8, 4) is 22.5 Å². The van der Waals surface area contributed by atoms with E-state index < -0.39 is 40.8 Å². The molecule has 2 aromatic heterocycles. The number of aromatic nitrogens is 2. The van der Waals surface area contributed by atoms with Crippen molar-refractivity contribution in [2.24, 2.45) is 10.8 Å². The number of fused-ring (bicyclic) bond motifs is 2. The topological polar surface area (TPSA) is 164 Å². The zero-order chi connectivity index (χ0) is 50.1. The maximum atomic E-state index is 15.3. The van der Waals surface area contributed by atoms with Gasteiger partial charge in [0.1, 0.15) is 23.7 Å². The van der Waals surface area contributed by atoms with E-state index in [9.17, 15) is 28.7 Å². The van der Waals surface area contributed by atoms with Crippen molar-refractivity contribution in [1.82, 2.24) is 40.6 Å². The molecule has 69 heavy (non-hydrogen) atoms. The molecule has 2 fully saturated rings. The molecule has 372 valence electrons. The van der Waals surface area contributed by atoms with Gasteiger partial charge in [0.2, 0.25) is 23.6 Å². The third-order valence-electron chi connectivity index (χ3n) is 14.4. The summed E-state index contributed by atoms with van der Waals surface area (Å²) in [5, 5.41) is 24.0. The number of aliphatic hydroxyl groups is 1. The Morgan fingerprint density at radius 1 is 0.696 bits per heavy atom. The van der Waals surface area contributed by atoms with Gasteiger partial charge in [-0.25, -0.2) is 8.78 Å². The Kier molecular flexibility index (Phi) is 15.4. The molecule has 4 amide bonds. The van der Waals surface area contributed by atoms with E-state index in [1.807, 2.05) is 80.2 Å². The van der Waals surface area contributed by atoms with Crippen molar-refractivity contribution in [2.75, 3.05) is 33.8 Å². The predicted molar refractivity (Wildman–Crippen MR) is 268 cm³/mol. The second-order valence-electron chi connectivity index (χ2n) is 21.3. The zero-order valence-electron chi connectivity index (χ0n) is 42.0. The Morgan fingerprint density at radius 3 is 1.70 bits per heavy atom. The quantitative estimate of drug-likeness (QED) is 0.0617. The molecule has 0 aliphatic carbocycles. The van der Waals surface area contributed by atoms with Crippen LogP contribution in [0.3, 0.4) is 0 Å². The van der Waals surface area contributed by atoms with Crippen LogP contribution in [0.15, 0.2) is 60.7 Å². The standard InChI is InChI=1S/C54H72F2N8O5/c1-31(57-9)49(66)60-47(53(3,4)5)51(68)62-23-11-13-37(62)29-41-39-21-19-36(56)28-43(39)59-45(41)33-15-17-34(18-16-33)46-42(40-27-35(55)20-22-44(40)64(46)25-26-65)30-38-14-12-24-63(38)52(69)48(54(6,7)8)61-50(67)32(2)58-10/h15-22,27-28,31-32,37-38,47-48,57-59,65H,11-14,23-26,29-30H2,1-10H3,(H,60,66)(H,61,67)/t31-,32-,37-,38+,47-,48-/m1/s1. The lowest BCUT2D eigenvalue weighted by Crippen LogP contribution is -2.58. The largest absolute Gasteiger partial charge is 0.395 e. The minimum Gasteiger partial charge on any atom is -0.395 e. The molecule has 0 spiro atoms. The number of nitrogens with one attached hydrogen (secondary N) is 5. The smallest absolute Gasteiger partial charge is 0.245 e. The number of nitrogens with zero attached hydrogens (tertiary/aromatic N) is 3. The summed E-state index contributed by atoms with van der Waals surface area (Å²) in [6.07, 6.45) is 3.98. The molecule has 0 radical (unpaired) electrons. The number of likely N-dealkylation sites (tertiary alicyclic amines) is 2. The summed E-state index contributed by atoms with van der Waals surface area (Å²) in [6, 6.07) is 14.5. The fourth-order valence-electron chi connectivity index (χ4n) is 10.3. The lowest BCUT2D eigenvalue weighted by molar-refractivity contribution is -0.140. The number of rotatable bonds is 16. The van der Waals surface area contributed by atoms with Crippen LogP contribution in [0, 0.1) is 22.5 Å². The molecule has 4 heterocycles. The molecule has 2 aliphatic rings. The van der Waals surface area contributed by atoms with Gasteiger partial charge in [-0.05, 0) is 136 Å². The van der Waals surface area contributed by atoms with Gasteiger partial charge in [-0.15, -0.1) is 0 Å². The average Bonchev–Trinajstić information content (AvgIpc) is 4.11. The number of hydrogen-bond donors (Lipinski definition) is 6. The van der Waals surface area contributed by atoms with Crippen LogP contribution >= 0.6 is 0 Å². The van der Waals surface area contributed by atoms with Crippen LogP contribution in [0.1, 0.15) is 92.2 Å². The van der Waals surface area contributed by atoms with Crippen molar-refractivity contribution in [1.29, 1.82) is 0 Å². The second-order valence-corrected chi connectivity index (χ2v) is 21.3. The van der Waals surface area contributed by atoms with Crippen LogP contribution in [-0.2, 0) is 38.6 Å². The first kappa shape index (κ1) is 51.2. The van der Waals surface area contributed by atoms with E-state index in [4.69, 9.17) is 0 Å². The van der Waals surface area contributed by atoms with Crippen molar-refractivity contribution < 1.29 is 33.1 Å². The highest BCUT2D eigenvalue weighted by Crippen LogP contribution is 2.40. The van der Waals surface area contributed by atoms with Crippen molar-refractivity contribution in [3.05, 3.63) is 83.4 Å². The molecule has 6 atom stereocenters. The molecule has 0 bridgehead atoms. The van der Waals surface area contributed by atoms with Gasteiger partial charge >= 0.3 is 0 Å². The summed E-state index contributed by atoms with van der Waals surface area (Å²) in [5.41, 5.74) is 5.35. The van der Waals surface area contributed by atoms with Crippen LogP contribution in [0.5, 0.6) is 0 Å². The monoisotopic (exact) mass is 951 g/mol. The van der Waals surface area contributed by atoms with Crippen LogP contribution in [-0.4, -0.2) is 118 Å².